The highest BCUT2D eigenvalue weighted by Crippen LogP contribution is 2.31. The molecular weight excluding hydrogens is 410 g/mol. The van der Waals surface area contributed by atoms with Gasteiger partial charge in [0, 0.05) is 18.7 Å². The summed E-state index contributed by atoms with van der Waals surface area (Å²) in [5.74, 6) is 0.966. The van der Waals surface area contributed by atoms with Gasteiger partial charge < -0.3 is 4.90 Å². The van der Waals surface area contributed by atoms with Crippen molar-refractivity contribution >= 4 is 33.1 Å². The van der Waals surface area contributed by atoms with E-state index in [0.717, 1.165) is 53.7 Å². The summed E-state index contributed by atoms with van der Waals surface area (Å²) in [4.78, 5) is 33.7. The first-order valence-corrected chi connectivity index (χ1v) is 11.6. The molecule has 0 spiro atoms. The van der Waals surface area contributed by atoms with Crippen molar-refractivity contribution in [3.63, 3.8) is 0 Å². The molecule has 1 amide bonds. The predicted molar refractivity (Wildman–Crippen MR) is 122 cm³/mol. The van der Waals surface area contributed by atoms with E-state index < -0.39 is 0 Å². The quantitative estimate of drug-likeness (QED) is 0.480. The zero-order valence-electron chi connectivity index (χ0n) is 17.7. The van der Waals surface area contributed by atoms with Crippen LogP contribution in [0.2, 0.25) is 0 Å². The molecular formula is C23H25N5O2S. The molecule has 4 aromatic rings. The molecule has 3 aromatic heterocycles. The first kappa shape index (κ1) is 19.9. The Morgan fingerprint density at radius 1 is 1.16 bits per heavy atom. The van der Waals surface area contributed by atoms with Gasteiger partial charge in [-0.05, 0) is 36.1 Å². The van der Waals surface area contributed by atoms with Gasteiger partial charge in [0.1, 0.15) is 11.4 Å². The van der Waals surface area contributed by atoms with Crippen LogP contribution in [0.25, 0.3) is 27.3 Å². The van der Waals surface area contributed by atoms with E-state index in [2.05, 4.69) is 24.3 Å². The molecule has 0 radical (unpaired) electrons. The van der Waals surface area contributed by atoms with Gasteiger partial charge in [0.05, 0.1) is 5.39 Å². The molecule has 5 rings (SSSR count). The molecule has 1 aliphatic heterocycles. The molecule has 1 aromatic carbocycles. The van der Waals surface area contributed by atoms with Crippen LogP contribution in [0.4, 0.5) is 0 Å². The molecule has 0 atom stereocenters. The van der Waals surface area contributed by atoms with Crippen LogP contribution < -0.4 is 5.69 Å². The maximum absolute atomic E-state index is 13.4. The van der Waals surface area contributed by atoms with E-state index in [1.165, 1.54) is 15.9 Å². The average molecular weight is 436 g/mol. The Morgan fingerprint density at radius 2 is 1.90 bits per heavy atom. The van der Waals surface area contributed by atoms with Crippen LogP contribution in [0, 0.1) is 5.92 Å². The smallest absolute Gasteiger partial charge is 0.341 e. The van der Waals surface area contributed by atoms with Gasteiger partial charge in [0.2, 0.25) is 5.91 Å². The van der Waals surface area contributed by atoms with Gasteiger partial charge in [0.25, 0.3) is 0 Å². The number of benzene rings is 1. The van der Waals surface area contributed by atoms with Crippen LogP contribution in [0.5, 0.6) is 0 Å². The number of hydrogen-bond acceptors (Lipinski definition) is 5. The second-order valence-electron chi connectivity index (χ2n) is 8.53. The highest BCUT2D eigenvalue weighted by Gasteiger charge is 2.24. The van der Waals surface area contributed by atoms with E-state index >= 15 is 0 Å². The van der Waals surface area contributed by atoms with Crippen LogP contribution >= 0.6 is 11.3 Å². The lowest BCUT2D eigenvalue weighted by molar-refractivity contribution is -0.130. The second kappa shape index (κ2) is 7.92. The fourth-order valence-electron chi connectivity index (χ4n) is 4.27. The van der Waals surface area contributed by atoms with E-state index in [1.807, 2.05) is 35.2 Å². The van der Waals surface area contributed by atoms with Crippen LogP contribution in [0.3, 0.4) is 0 Å². The van der Waals surface area contributed by atoms with E-state index in [9.17, 15) is 9.59 Å². The Bertz CT molecular complexity index is 1310. The molecule has 0 bridgehead atoms. The molecule has 1 aliphatic rings. The van der Waals surface area contributed by atoms with Crippen LogP contribution in [-0.4, -0.2) is 43.1 Å². The minimum absolute atomic E-state index is 0.0116. The number of thiophene rings is 1. The number of carbonyl (C=O) groups is 1. The van der Waals surface area contributed by atoms with E-state index in [4.69, 9.17) is 4.98 Å². The Morgan fingerprint density at radius 3 is 2.61 bits per heavy atom. The lowest BCUT2D eigenvalue weighted by Gasteiger charge is -2.16. The lowest BCUT2D eigenvalue weighted by atomic mass is 10.0. The summed E-state index contributed by atoms with van der Waals surface area (Å²) < 4.78 is 2.96. The van der Waals surface area contributed by atoms with Crippen molar-refractivity contribution < 1.29 is 4.79 Å². The first-order valence-electron chi connectivity index (χ1n) is 10.8. The molecule has 0 unspecified atom stereocenters. The highest BCUT2D eigenvalue weighted by molar-refractivity contribution is 7.17. The Balaban J connectivity index is 1.72. The predicted octanol–water partition coefficient (Wildman–Crippen LogP) is 3.59. The molecule has 160 valence electrons. The number of carbonyl (C=O) groups excluding carboxylic acids is 1. The van der Waals surface area contributed by atoms with Gasteiger partial charge >= 0.3 is 5.69 Å². The molecule has 31 heavy (non-hydrogen) atoms. The number of hydrogen-bond donors (Lipinski definition) is 0. The summed E-state index contributed by atoms with van der Waals surface area (Å²) in [6.07, 6.45) is 2.92. The van der Waals surface area contributed by atoms with Gasteiger partial charge in [-0.2, -0.15) is 4.52 Å². The molecule has 0 N–H and O–H groups in total. The largest absolute Gasteiger partial charge is 0.352 e. The third-order valence-corrected chi connectivity index (χ3v) is 6.80. The molecule has 1 fully saturated rings. The lowest BCUT2D eigenvalue weighted by Crippen LogP contribution is -2.36. The number of likely N-dealkylation sites (tertiary alicyclic amines) is 1. The number of rotatable bonds is 5. The fraction of sp³-hybridized carbons (Fsp3) is 0.391. The van der Waals surface area contributed by atoms with Gasteiger partial charge in [-0.1, -0.05) is 44.2 Å². The maximum atomic E-state index is 13.4. The summed E-state index contributed by atoms with van der Waals surface area (Å²) in [5.41, 5.74) is 2.26. The Hall–Kier alpha value is -3.00. The zero-order chi connectivity index (χ0) is 21.5. The van der Waals surface area contributed by atoms with Gasteiger partial charge in [0.15, 0.2) is 11.5 Å². The number of nitrogens with zero attached hydrogens (tertiary/aromatic N) is 5. The molecule has 8 heteroatoms. The molecule has 7 nitrogen and oxygen atoms in total. The first-order chi connectivity index (χ1) is 15.0. The Kier molecular flexibility index (Phi) is 5.09. The summed E-state index contributed by atoms with van der Waals surface area (Å²) in [6, 6.07) is 9.67. The van der Waals surface area contributed by atoms with Crippen molar-refractivity contribution in [2.24, 2.45) is 5.92 Å². The maximum Gasteiger partial charge on any atom is 0.352 e. The third kappa shape index (κ3) is 3.54. The van der Waals surface area contributed by atoms with Crippen molar-refractivity contribution in [1.82, 2.24) is 24.1 Å². The van der Waals surface area contributed by atoms with E-state index in [1.54, 1.807) is 4.57 Å². The third-order valence-electron chi connectivity index (χ3n) is 5.75. The Labute approximate surface area is 183 Å². The molecule has 0 saturated carbocycles. The SMILES string of the molecule is CC(C)Cc1csc2c1c1nc(-c3ccccc3)nn1c(=O)n2CC(=O)N1CCCC1. The number of aromatic nitrogens is 4. The summed E-state index contributed by atoms with van der Waals surface area (Å²) in [5, 5.41) is 7.58. The van der Waals surface area contributed by atoms with Crippen molar-refractivity contribution in [3.05, 3.63) is 51.8 Å². The summed E-state index contributed by atoms with van der Waals surface area (Å²) in [7, 11) is 0. The minimum atomic E-state index is -0.317. The van der Waals surface area contributed by atoms with Crippen molar-refractivity contribution in [3.8, 4) is 11.4 Å². The van der Waals surface area contributed by atoms with Crippen LogP contribution in [-0.2, 0) is 17.8 Å². The monoisotopic (exact) mass is 435 g/mol. The average Bonchev–Trinajstić information content (AvgIpc) is 3.50. The molecule has 4 heterocycles. The highest BCUT2D eigenvalue weighted by atomic mass is 32.1. The van der Waals surface area contributed by atoms with E-state index in [-0.39, 0.29) is 18.1 Å². The number of amides is 1. The second-order valence-corrected chi connectivity index (χ2v) is 9.39. The van der Waals surface area contributed by atoms with Crippen molar-refractivity contribution in [2.45, 2.75) is 39.7 Å². The minimum Gasteiger partial charge on any atom is -0.341 e. The van der Waals surface area contributed by atoms with Gasteiger partial charge in [-0.15, -0.1) is 16.4 Å². The van der Waals surface area contributed by atoms with Gasteiger partial charge in [-0.25, -0.2) is 9.78 Å². The fourth-order valence-corrected chi connectivity index (χ4v) is 5.35. The zero-order valence-corrected chi connectivity index (χ0v) is 18.6. The van der Waals surface area contributed by atoms with Crippen molar-refractivity contribution in [2.75, 3.05) is 13.1 Å². The van der Waals surface area contributed by atoms with Crippen LogP contribution in [0.15, 0.2) is 40.5 Å². The van der Waals surface area contributed by atoms with E-state index in [0.29, 0.717) is 17.4 Å². The topological polar surface area (TPSA) is 72.5 Å². The summed E-state index contributed by atoms with van der Waals surface area (Å²) >= 11 is 1.51. The van der Waals surface area contributed by atoms with Gasteiger partial charge in [-0.3, -0.25) is 9.36 Å². The molecule has 1 saturated heterocycles. The summed E-state index contributed by atoms with van der Waals surface area (Å²) in [6.45, 7) is 5.92. The number of fused-ring (bicyclic) bond motifs is 3. The van der Waals surface area contributed by atoms with Crippen molar-refractivity contribution in [1.29, 1.82) is 0 Å². The molecule has 0 aliphatic carbocycles. The normalized spacial score (nSPS) is 14.4. The standard InChI is InChI=1S/C23H25N5O2S/c1-15(2)12-17-14-31-22-19(17)21-24-20(16-8-4-3-5-9-16)25-28(21)23(30)27(22)13-18(29)26-10-6-7-11-26/h3-5,8-9,14-15H,6-7,10-13H2,1-2H3. The van der Waals surface area contributed by atoms with Crippen LogP contribution in [0.1, 0.15) is 32.3 Å².